The topological polar surface area (TPSA) is 74.2 Å². The number of hydrogen-bond acceptors (Lipinski definition) is 7. The maximum Gasteiger partial charge on any atom is 0.277 e. The second-order valence-corrected chi connectivity index (χ2v) is 6.83. The molecule has 0 spiro atoms. The quantitative estimate of drug-likeness (QED) is 0.436. The molecule has 6 nitrogen and oxygen atoms in total. The Morgan fingerprint density at radius 2 is 1.63 bits per heavy atom. The van der Waals surface area contributed by atoms with E-state index in [1.807, 2.05) is 55.5 Å². The molecule has 0 unspecified atom stereocenters. The Morgan fingerprint density at radius 1 is 0.926 bits per heavy atom. The highest BCUT2D eigenvalue weighted by Gasteiger charge is 2.12. The standard InChI is InChI=1S/C20H17N3O3S/c1-13-3-5-15(6-4-13)19-22-23-20(26-19)27-12-16-11-25-18(21-16)14-7-9-17(24-2)10-8-14/h3-11H,12H2,1-2H3. The van der Waals surface area contributed by atoms with Gasteiger partial charge in [-0.2, -0.15) is 0 Å². The number of aromatic nitrogens is 3. The number of methoxy groups -OCH3 is 1. The molecular weight excluding hydrogens is 362 g/mol. The predicted molar refractivity (Wildman–Crippen MR) is 103 cm³/mol. The minimum Gasteiger partial charge on any atom is -0.497 e. The van der Waals surface area contributed by atoms with Gasteiger partial charge in [0.2, 0.25) is 11.8 Å². The van der Waals surface area contributed by atoms with E-state index in [9.17, 15) is 0 Å². The van der Waals surface area contributed by atoms with Crippen molar-refractivity contribution in [3.8, 4) is 28.7 Å². The van der Waals surface area contributed by atoms with Crippen LogP contribution in [0.2, 0.25) is 0 Å². The van der Waals surface area contributed by atoms with Gasteiger partial charge in [-0.25, -0.2) is 4.98 Å². The Labute approximate surface area is 160 Å². The summed E-state index contributed by atoms with van der Waals surface area (Å²) in [7, 11) is 1.64. The fourth-order valence-electron chi connectivity index (χ4n) is 2.46. The molecule has 2 aromatic carbocycles. The zero-order valence-corrected chi connectivity index (χ0v) is 15.7. The third-order valence-corrected chi connectivity index (χ3v) is 4.79. The Hall–Kier alpha value is -3.06. The summed E-state index contributed by atoms with van der Waals surface area (Å²) < 4.78 is 16.4. The molecule has 0 saturated carbocycles. The van der Waals surface area contributed by atoms with Crippen LogP contribution in [0.1, 0.15) is 11.3 Å². The first-order valence-electron chi connectivity index (χ1n) is 8.33. The zero-order valence-electron chi connectivity index (χ0n) is 14.9. The minimum atomic E-state index is 0.500. The molecule has 27 heavy (non-hydrogen) atoms. The summed E-state index contributed by atoms with van der Waals surface area (Å²) in [5, 5.41) is 8.69. The van der Waals surface area contributed by atoms with E-state index in [4.69, 9.17) is 13.6 Å². The minimum absolute atomic E-state index is 0.500. The largest absolute Gasteiger partial charge is 0.497 e. The molecule has 0 radical (unpaired) electrons. The SMILES string of the molecule is COc1ccc(-c2nc(CSc3nnc(-c4ccc(C)cc4)o3)co2)cc1. The average Bonchev–Trinajstić information content (AvgIpc) is 3.37. The molecule has 0 aliphatic carbocycles. The second kappa shape index (κ2) is 7.67. The molecule has 0 N–H and O–H groups in total. The molecule has 0 atom stereocenters. The number of ether oxygens (including phenoxy) is 1. The third-order valence-electron chi connectivity index (χ3n) is 3.94. The van der Waals surface area contributed by atoms with Crippen molar-refractivity contribution in [3.63, 3.8) is 0 Å². The molecular formula is C20H17N3O3S. The van der Waals surface area contributed by atoms with E-state index >= 15 is 0 Å². The molecule has 0 bridgehead atoms. The predicted octanol–water partition coefficient (Wildman–Crippen LogP) is 5.00. The van der Waals surface area contributed by atoms with E-state index < -0.39 is 0 Å². The molecule has 0 saturated heterocycles. The van der Waals surface area contributed by atoms with Crippen LogP contribution >= 0.6 is 11.8 Å². The van der Waals surface area contributed by atoms with E-state index in [1.54, 1.807) is 13.4 Å². The van der Waals surface area contributed by atoms with Crippen molar-refractivity contribution >= 4 is 11.8 Å². The van der Waals surface area contributed by atoms with Crippen molar-refractivity contribution in [3.05, 3.63) is 66.1 Å². The Kier molecular flexibility index (Phi) is 4.93. The average molecular weight is 379 g/mol. The van der Waals surface area contributed by atoms with Crippen molar-refractivity contribution in [1.82, 2.24) is 15.2 Å². The van der Waals surface area contributed by atoms with E-state index in [-0.39, 0.29) is 0 Å². The van der Waals surface area contributed by atoms with Crippen molar-refractivity contribution < 1.29 is 13.6 Å². The Bertz CT molecular complexity index is 1020. The number of benzene rings is 2. The normalized spacial score (nSPS) is 10.9. The first-order chi connectivity index (χ1) is 13.2. The van der Waals surface area contributed by atoms with Gasteiger partial charge in [0, 0.05) is 16.9 Å². The van der Waals surface area contributed by atoms with Gasteiger partial charge in [-0.15, -0.1) is 10.2 Å². The highest BCUT2D eigenvalue weighted by atomic mass is 32.2. The van der Waals surface area contributed by atoms with Gasteiger partial charge >= 0.3 is 0 Å². The van der Waals surface area contributed by atoms with E-state index in [2.05, 4.69) is 15.2 Å². The highest BCUT2D eigenvalue weighted by molar-refractivity contribution is 7.98. The van der Waals surface area contributed by atoms with Gasteiger partial charge in [0.05, 0.1) is 12.8 Å². The van der Waals surface area contributed by atoms with Gasteiger partial charge in [-0.05, 0) is 43.3 Å². The molecule has 2 aromatic heterocycles. The van der Waals surface area contributed by atoms with Crippen LogP contribution in [-0.4, -0.2) is 22.3 Å². The number of thioether (sulfide) groups is 1. The van der Waals surface area contributed by atoms with Crippen LogP contribution in [0, 0.1) is 6.92 Å². The van der Waals surface area contributed by atoms with Gasteiger partial charge in [0.15, 0.2) is 0 Å². The lowest BCUT2D eigenvalue weighted by Crippen LogP contribution is -1.84. The summed E-state index contributed by atoms with van der Waals surface area (Å²) in [5.74, 6) is 2.45. The number of oxazole rings is 1. The number of nitrogens with zero attached hydrogens (tertiary/aromatic N) is 3. The summed E-state index contributed by atoms with van der Waals surface area (Å²) >= 11 is 1.42. The van der Waals surface area contributed by atoms with Crippen LogP contribution in [0.3, 0.4) is 0 Å². The fraction of sp³-hybridized carbons (Fsp3) is 0.150. The first kappa shape index (κ1) is 17.4. The lowest BCUT2D eigenvalue weighted by molar-refractivity contribution is 0.415. The monoisotopic (exact) mass is 379 g/mol. The van der Waals surface area contributed by atoms with Crippen molar-refractivity contribution in [2.24, 2.45) is 0 Å². The zero-order chi connectivity index (χ0) is 18.6. The highest BCUT2D eigenvalue weighted by Crippen LogP contribution is 2.27. The van der Waals surface area contributed by atoms with Crippen molar-refractivity contribution in [2.75, 3.05) is 7.11 Å². The molecule has 0 aliphatic heterocycles. The van der Waals surface area contributed by atoms with E-state index in [0.29, 0.717) is 22.8 Å². The van der Waals surface area contributed by atoms with Crippen LogP contribution < -0.4 is 4.74 Å². The van der Waals surface area contributed by atoms with Gasteiger partial charge < -0.3 is 13.6 Å². The van der Waals surface area contributed by atoms with Crippen LogP contribution in [-0.2, 0) is 5.75 Å². The Morgan fingerprint density at radius 3 is 2.37 bits per heavy atom. The lowest BCUT2D eigenvalue weighted by Gasteiger charge is -1.99. The van der Waals surface area contributed by atoms with Crippen molar-refractivity contribution in [1.29, 1.82) is 0 Å². The second-order valence-electron chi connectivity index (χ2n) is 5.90. The molecule has 2 heterocycles. The lowest BCUT2D eigenvalue weighted by atomic mass is 10.1. The molecule has 0 fully saturated rings. The smallest absolute Gasteiger partial charge is 0.277 e. The summed E-state index contributed by atoms with van der Waals surface area (Å²) in [6.45, 7) is 2.04. The van der Waals surface area contributed by atoms with Crippen LogP contribution in [0.4, 0.5) is 0 Å². The van der Waals surface area contributed by atoms with E-state index in [0.717, 1.165) is 22.6 Å². The van der Waals surface area contributed by atoms with Gasteiger partial charge in [0.1, 0.15) is 12.0 Å². The van der Waals surface area contributed by atoms with Gasteiger partial charge in [-0.3, -0.25) is 0 Å². The summed E-state index contributed by atoms with van der Waals surface area (Å²) in [6.07, 6.45) is 1.64. The van der Waals surface area contributed by atoms with E-state index in [1.165, 1.54) is 17.3 Å². The third kappa shape index (κ3) is 4.03. The maximum absolute atomic E-state index is 5.72. The maximum atomic E-state index is 5.72. The van der Waals surface area contributed by atoms with Gasteiger partial charge in [0.25, 0.3) is 5.22 Å². The molecule has 4 aromatic rings. The number of aryl methyl sites for hydroxylation is 1. The fourth-order valence-corrected chi connectivity index (χ4v) is 3.10. The molecule has 0 aliphatic rings. The van der Waals surface area contributed by atoms with Crippen LogP contribution in [0.25, 0.3) is 22.9 Å². The van der Waals surface area contributed by atoms with Crippen LogP contribution in [0.5, 0.6) is 5.75 Å². The molecule has 0 amide bonds. The number of rotatable bonds is 6. The van der Waals surface area contributed by atoms with Crippen molar-refractivity contribution in [2.45, 2.75) is 17.9 Å². The number of hydrogen-bond donors (Lipinski definition) is 0. The summed E-state index contributed by atoms with van der Waals surface area (Å²) in [6, 6.07) is 15.5. The first-order valence-corrected chi connectivity index (χ1v) is 9.32. The van der Waals surface area contributed by atoms with Crippen LogP contribution in [0.15, 0.2) is 68.9 Å². The molecule has 136 valence electrons. The molecule has 4 rings (SSSR count). The Balaban J connectivity index is 1.40. The summed E-state index contributed by atoms with van der Waals surface area (Å²) in [4.78, 5) is 4.51. The van der Waals surface area contributed by atoms with Gasteiger partial charge in [-0.1, -0.05) is 29.5 Å². The molecule has 7 heteroatoms. The summed E-state index contributed by atoms with van der Waals surface area (Å²) in [5.41, 5.74) is 3.79.